The van der Waals surface area contributed by atoms with E-state index in [1.165, 1.54) is 17.5 Å². The van der Waals surface area contributed by atoms with Gasteiger partial charge in [0.1, 0.15) is 6.61 Å². The molecule has 234 valence electrons. The summed E-state index contributed by atoms with van der Waals surface area (Å²) in [6, 6.07) is 9.08. The van der Waals surface area contributed by atoms with Crippen molar-refractivity contribution in [3.05, 3.63) is 35.4 Å². The molecule has 40 heavy (non-hydrogen) atoms. The van der Waals surface area contributed by atoms with Crippen molar-refractivity contribution < 1.29 is 37.3 Å². The zero-order valence-electron chi connectivity index (χ0n) is 27.1. The van der Waals surface area contributed by atoms with Crippen molar-refractivity contribution in [2.24, 2.45) is 10.8 Å². The Bertz CT molecular complexity index is 866. The third kappa shape index (κ3) is 15.6. The highest BCUT2D eigenvalue weighted by Gasteiger charge is 2.41. The fourth-order valence-electron chi connectivity index (χ4n) is 2.61. The molecule has 1 aromatic rings. The topological polar surface area (TPSA) is 72.8 Å². The first-order chi connectivity index (χ1) is 18.0. The summed E-state index contributed by atoms with van der Waals surface area (Å²) >= 11 is 0. The Morgan fingerprint density at radius 1 is 0.800 bits per heavy atom. The number of esters is 2. The van der Waals surface area contributed by atoms with Crippen LogP contribution in [0.5, 0.6) is 0 Å². The molecular weight excluding hydrogens is 521 g/mol. The standard InChI is InChI=1S/C14H22.C9H15F3O2.C9H18O3/c1-6-11(2)12-7-9-13(10-8-12)14(3,4)5;1-5-8(3,4)7(13)14-6(2)9(10,11)12;1-5-9(3,4)8(11)12-6-7(2)10/h7-11H,6H2,1-5H3;6H,5H2,1-4H3;7,10H,5-6H2,1-4H3. The molecule has 0 fully saturated rings. The van der Waals surface area contributed by atoms with Crippen LogP contribution in [0.15, 0.2) is 24.3 Å². The minimum Gasteiger partial charge on any atom is -0.463 e. The smallest absolute Gasteiger partial charge is 0.425 e. The van der Waals surface area contributed by atoms with E-state index >= 15 is 0 Å². The van der Waals surface area contributed by atoms with Gasteiger partial charge in [-0.05, 0) is 83.3 Å². The van der Waals surface area contributed by atoms with Gasteiger partial charge in [0.25, 0.3) is 0 Å². The number of rotatable bonds is 9. The molecule has 0 aliphatic rings. The van der Waals surface area contributed by atoms with E-state index in [4.69, 9.17) is 9.84 Å². The number of aliphatic hydroxyl groups is 1. The number of carbonyl (C=O) groups is 2. The van der Waals surface area contributed by atoms with Gasteiger partial charge in [-0.15, -0.1) is 0 Å². The van der Waals surface area contributed by atoms with Crippen LogP contribution in [0.4, 0.5) is 13.2 Å². The van der Waals surface area contributed by atoms with Gasteiger partial charge in [-0.25, -0.2) is 0 Å². The molecule has 3 atom stereocenters. The van der Waals surface area contributed by atoms with Gasteiger partial charge in [-0.3, -0.25) is 9.59 Å². The van der Waals surface area contributed by atoms with Crippen LogP contribution in [0.2, 0.25) is 0 Å². The van der Waals surface area contributed by atoms with Crippen LogP contribution in [-0.2, 0) is 24.5 Å². The number of halogens is 3. The second-order valence-electron chi connectivity index (χ2n) is 12.7. The summed E-state index contributed by atoms with van der Waals surface area (Å²) < 4.78 is 45.2. The molecule has 0 saturated carbocycles. The monoisotopic (exact) mass is 576 g/mol. The maximum Gasteiger partial charge on any atom is 0.425 e. The Labute approximate surface area is 241 Å². The fourth-order valence-corrected chi connectivity index (χ4v) is 2.61. The summed E-state index contributed by atoms with van der Waals surface area (Å²) in [4.78, 5) is 22.5. The lowest BCUT2D eigenvalue weighted by atomic mass is 9.85. The number of alkyl halides is 3. The normalized spacial score (nSPS) is 14.4. The maximum absolute atomic E-state index is 12.0. The molecule has 1 N–H and O–H groups in total. The van der Waals surface area contributed by atoms with Gasteiger partial charge in [0.05, 0.1) is 16.9 Å². The largest absolute Gasteiger partial charge is 0.463 e. The predicted octanol–water partition coefficient (Wildman–Crippen LogP) is 8.76. The van der Waals surface area contributed by atoms with Crippen LogP contribution in [-0.4, -0.2) is 42.0 Å². The van der Waals surface area contributed by atoms with Gasteiger partial charge >= 0.3 is 18.1 Å². The van der Waals surface area contributed by atoms with E-state index in [1.807, 2.05) is 20.8 Å². The lowest BCUT2D eigenvalue weighted by Gasteiger charge is -2.24. The summed E-state index contributed by atoms with van der Waals surface area (Å²) in [6.07, 6.45) is -4.71. The third-order valence-corrected chi connectivity index (χ3v) is 7.03. The van der Waals surface area contributed by atoms with E-state index in [-0.39, 0.29) is 18.0 Å². The number of carbonyl (C=O) groups excluding carboxylic acids is 2. The molecule has 0 bridgehead atoms. The van der Waals surface area contributed by atoms with Crippen molar-refractivity contribution >= 4 is 11.9 Å². The van der Waals surface area contributed by atoms with Crippen molar-refractivity contribution in [2.75, 3.05) is 6.61 Å². The highest BCUT2D eigenvalue weighted by atomic mass is 19.4. The number of hydrogen-bond donors (Lipinski definition) is 1. The number of aliphatic hydroxyl groups excluding tert-OH is 1. The lowest BCUT2D eigenvalue weighted by Crippen LogP contribution is -2.36. The van der Waals surface area contributed by atoms with E-state index in [1.54, 1.807) is 27.7 Å². The Balaban J connectivity index is 0. The van der Waals surface area contributed by atoms with Crippen LogP contribution < -0.4 is 0 Å². The molecule has 0 saturated heterocycles. The third-order valence-electron chi connectivity index (χ3n) is 7.03. The number of benzene rings is 1. The van der Waals surface area contributed by atoms with Crippen LogP contribution in [0.3, 0.4) is 0 Å². The Morgan fingerprint density at radius 3 is 1.55 bits per heavy atom. The van der Waals surface area contributed by atoms with Gasteiger partial charge in [-0.1, -0.05) is 72.7 Å². The number of ether oxygens (including phenoxy) is 2. The Hall–Kier alpha value is -2.09. The van der Waals surface area contributed by atoms with Crippen molar-refractivity contribution in [1.29, 1.82) is 0 Å². The van der Waals surface area contributed by atoms with E-state index < -0.39 is 35.2 Å². The van der Waals surface area contributed by atoms with Gasteiger partial charge in [0.2, 0.25) is 0 Å². The molecule has 5 nitrogen and oxygen atoms in total. The lowest BCUT2D eigenvalue weighted by molar-refractivity contribution is -0.221. The molecule has 0 aliphatic heterocycles. The van der Waals surface area contributed by atoms with Crippen LogP contribution in [0.25, 0.3) is 0 Å². The van der Waals surface area contributed by atoms with Crippen LogP contribution in [0, 0.1) is 10.8 Å². The molecule has 1 aromatic carbocycles. The number of hydrogen-bond acceptors (Lipinski definition) is 5. The molecular formula is C32H55F3O5. The molecule has 0 heterocycles. The molecule has 1 rings (SSSR count). The summed E-state index contributed by atoms with van der Waals surface area (Å²) in [7, 11) is 0. The Morgan fingerprint density at radius 2 is 1.23 bits per heavy atom. The summed E-state index contributed by atoms with van der Waals surface area (Å²) in [6.45, 7) is 24.2. The summed E-state index contributed by atoms with van der Waals surface area (Å²) in [5, 5.41) is 8.86. The summed E-state index contributed by atoms with van der Waals surface area (Å²) in [5.74, 6) is -0.375. The molecule has 0 aromatic heterocycles. The molecule has 0 amide bonds. The van der Waals surface area contributed by atoms with Crippen molar-refractivity contribution in [1.82, 2.24) is 0 Å². The highest BCUT2D eigenvalue weighted by Crippen LogP contribution is 2.28. The van der Waals surface area contributed by atoms with Gasteiger partial charge in [0.15, 0.2) is 6.10 Å². The van der Waals surface area contributed by atoms with Gasteiger partial charge in [-0.2, -0.15) is 13.2 Å². The van der Waals surface area contributed by atoms with Crippen LogP contribution >= 0.6 is 0 Å². The fraction of sp³-hybridized carbons (Fsp3) is 0.750. The Kier molecular flexibility index (Phi) is 17.0. The second-order valence-corrected chi connectivity index (χ2v) is 12.7. The van der Waals surface area contributed by atoms with Crippen molar-refractivity contribution in [3.8, 4) is 0 Å². The molecule has 0 spiro atoms. The average Bonchev–Trinajstić information content (AvgIpc) is 2.86. The zero-order chi connectivity index (χ0) is 32.1. The minimum absolute atomic E-state index is 0.0856. The molecule has 3 unspecified atom stereocenters. The van der Waals surface area contributed by atoms with E-state index in [0.717, 1.165) is 13.3 Å². The van der Waals surface area contributed by atoms with Gasteiger partial charge in [0, 0.05) is 0 Å². The molecule has 0 radical (unpaired) electrons. The first-order valence-electron chi connectivity index (χ1n) is 14.2. The molecule has 8 heteroatoms. The zero-order valence-corrected chi connectivity index (χ0v) is 27.1. The highest BCUT2D eigenvalue weighted by molar-refractivity contribution is 5.76. The first-order valence-corrected chi connectivity index (χ1v) is 14.2. The second kappa shape index (κ2) is 17.0. The minimum atomic E-state index is -4.49. The predicted molar refractivity (Wildman–Crippen MR) is 156 cm³/mol. The van der Waals surface area contributed by atoms with Crippen molar-refractivity contribution in [2.45, 2.75) is 139 Å². The van der Waals surface area contributed by atoms with Crippen molar-refractivity contribution in [3.63, 3.8) is 0 Å². The summed E-state index contributed by atoms with van der Waals surface area (Å²) in [5.41, 5.74) is 1.85. The van der Waals surface area contributed by atoms with E-state index in [2.05, 4.69) is 63.6 Å². The first kappa shape index (κ1) is 40.1. The molecule has 0 aliphatic carbocycles. The van der Waals surface area contributed by atoms with E-state index in [9.17, 15) is 22.8 Å². The van der Waals surface area contributed by atoms with Gasteiger partial charge < -0.3 is 14.6 Å². The average molecular weight is 577 g/mol. The van der Waals surface area contributed by atoms with Crippen LogP contribution in [0.1, 0.15) is 126 Å². The van der Waals surface area contributed by atoms with E-state index in [0.29, 0.717) is 12.3 Å². The maximum atomic E-state index is 12.0. The SMILES string of the molecule is CCC(C)(C)C(=O)OC(C)C(F)(F)F.CCC(C)(C)C(=O)OCC(C)O.CCC(C)c1ccc(C(C)(C)C)cc1. The quantitative estimate of drug-likeness (QED) is 0.298.